The Morgan fingerprint density at radius 2 is 1.89 bits per heavy atom. The first-order valence-corrected chi connectivity index (χ1v) is 5.83. The van der Waals surface area contributed by atoms with Gasteiger partial charge in [0.05, 0.1) is 0 Å². The molecule has 5 nitrogen and oxygen atoms in total. The van der Waals surface area contributed by atoms with Crippen LogP contribution in [0.5, 0.6) is 0 Å². The molecule has 0 aliphatic rings. The molecule has 6 heteroatoms. The van der Waals surface area contributed by atoms with Crippen LogP contribution < -0.4 is 10.6 Å². The van der Waals surface area contributed by atoms with E-state index in [1.54, 1.807) is 12.1 Å². The molecule has 1 aromatic rings. The number of nitrogens with one attached hydrogen (secondary N) is 2. The number of aliphatic carboxylic acids is 1. The minimum Gasteiger partial charge on any atom is -0.480 e. The maximum absolute atomic E-state index is 11.7. The van der Waals surface area contributed by atoms with Crippen molar-refractivity contribution >= 4 is 29.2 Å². The van der Waals surface area contributed by atoms with Crippen molar-refractivity contribution < 1.29 is 14.7 Å². The second-order valence-corrected chi connectivity index (χ2v) is 3.99. The highest BCUT2D eigenvalue weighted by atomic mass is 32.1. The number of carboxylic acids is 1. The second kappa shape index (κ2) is 6.70. The zero-order valence-corrected chi connectivity index (χ0v) is 10.7. The van der Waals surface area contributed by atoms with Gasteiger partial charge in [0, 0.05) is 5.56 Å². The quantitative estimate of drug-likeness (QED) is 0.707. The molecule has 0 saturated heterocycles. The summed E-state index contributed by atoms with van der Waals surface area (Å²) in [6.45, 7) is 1.70. The molecule has 0 radical (unpaired) electrons. The SMILES string of the molecule is CCc1ccc(C(=O)NC(=S)NCC(=O)O)cc1. The van der Waals surface area contributed by atoms with Crippen LogP contribution in [0.25, 0.3) is 0 Å². The number of hydrogen-bond acceptors (Lipinski definition) is 3. The lowest BCUT2D eigenvalue weighted by atomic mass is 10.1. The summed E-state index contributed by atoms with van der Waals surface area (Å²) in [7, 11) is 0. The van der Waals surface area contributed by atoms with Gasteiger partial charge in [0.15, 0.2) is 5.11 Å². The van der Waals surface area contributed by atoms with E-state index in [1.165, 1.54) is 0 Å². The van der Waals surface area contributed by atoms with E-state index in [-0.39, 0.29) is 17.6 Å². The van der Waals surface area contributed by atoms with Gasteiger partial charge in [-0.15, -0.1) is 0 Å². The fourth-order valence-electron chi connectivity index (χ4n) is 1.27. The Hall–Kier alpha value is -1.95. The highest BCUT2D eigenvalue weighted by molar-refractivity contribution is 7.80. The van der Waals surface area contributed by atoms with Gasteiger partial charge in [0.1, 0.15) is 6.54 Å². The molecule has 0 heterocycles. The molecular formula is C12H14N2O3S. The summed E-state index contributed by atoms with van der Waals surface area (Å²) < 4.78 is 0. The number of benzene rings is 1. The fraction of sp³-hybridized carbons (Fsp3) is 0.250. The van der Waals surface area contributed by atoms with Gasteiger partial charge in [-0.3, -0.25) is 14.9 Å². The van der Waals surface area contributed by atoms with Crippen LogP contribution in [-0.2, 0) is 11.2 Å². The Morgan fingerprint density at radius 3 is 2.39 bits per heavy atom. The van der Waals surface area contributed by atoms with Crippen molar-refractivity contribution in [2.24, 2.45) is 0 Å². The van der Waals surface area contributed by atoms with Gasteiger partial charge in [0.25, 0.3) is 5.91 Å². The van der Waals surface area contributed by atoms with E-state index in [9.17, 15) is 9.59 Å². The van der Waals surface area contributed by atoms with Gasteiger partial charge in [-0.25, -0.2) is 0 Å². The molecule has 0 saturated carbocycles. The van der Waals surface area contributed by atoms with Crippen LogP contribution in [-0.4, -0.2) is 28.6 Å². The average molecular weight is 266 g/mol. The average Bonchev–Trinajstić information content (AvgIpc) is 2.36. The maximum atomic E-state index is 11.7. The van der Waals surface area contributed by atoms with Crippen molar-refractivity contribution in [3.8, 4) is 0 Å². The number of rotatable bonds is 4. The Balaban J connectivity index is 2.53. The molecule has 0 aromatic heterocycles. The van der Waals surface area contributed by atoms with Crippen molar-refractivity contribution in [3.63, 3.8) is 0 Å². The van der Waals surface area contributed by atoms with Crippen LogP contribution in [0, 0.1) is 0 Å². The molecule has 0 aliphatic heterocycles. The lowest BCUT2D eigenvalue weighted by Gasteiger charge is -2.07. The number of carbonyl (C=O) groups is 2. The summed E-state index contributed by atoms with van der Waals surface area (Å²) in [6.07, 6.45) is 0.903. The predicted molar refractivity (Wildman–Crippen MR) is 71.5 cm³/mol. The Labute approximate surface area is 110 Å². The molecule has 96 valence electrons. The Morgan fingerprint density at radius 1 is 1.28 bits per heavy atom. The molecular weight excluding hydrogens is 252 g/mol. The molecule has 0 fully saturated rings. The summed E-state index contributed by atoms with van der Waals surface area (Å²) in [4.78, 5) is 22.0. The van der Waals surface area contributed by atoms with E-state index in [4.69, 9.17) is 17.3 Å². The molecule has 0 atom stereocenters. The number of carbonyl (C=O) groups excluding carboxylic acids is 1. The van der Waals surface area contributed by atoms with Crippen LogP contribution in [0.1, 0.15) is 22.8 Å². The van der Waals surface area contributed by atoms with Crippen molar-refractivity contribution in [2.75, 3.05) is 6.54 Å². The molecule has 1 aromatic carbocycles. The largest absolute Gasteiger partial charge is 0.480 e. The monoisotopic (exact) mass is 266 g/mol. The lowest BCUT2D eigenvalue weighted by molar-refractivity contribution is -0.135. The normalized spacial score (nSPS) is 9.61. The number of carboxylic acid groups (broad SMARTS) is 1. The zero-order chi connectivity index (χ0) is 13.5. The van der Waals surface area contributed by atoms with Crippen LogP contribution in [0.2, 0.25) is 0 Å². The van der Waals surface area contributed by atoms with Gasteiger partial charge in [-0.1, -0.05) is 19.1 Å². The maximum Gasteiger partial charge on any atom is 0.322 e. The molecule has 1 rings (SSSR count). The standard InChI is InChI=1S/C12H14N2O3S/c1-2-8-3-5-9(6-4-8)11(17)14-12(18)13-7-10(15)16/h3-6H,2,7H2,1H3,(H,15,16)(H2,13,14,17,18). The van der Waals surface area contributed by atoms with E-state index in [0.29, 0.717) is 5.56 Å². The predicted octanol–water partition coefficient (Wildman–Crippen LogP) is 0.938. The molecule has 1 amide bonds. The first-order chi connectivity index (χ1) is 8.52. The first kappa shape index (κ1) is 14.1. The Kier molecular flexibility index (Phi) is 5.26. The van der Waals surface area contributed by atoms with Gasteiger partial charge in [-0.05, 0) is 36.3 Å². The third-order valence-electron chi connectivity index (χ3n) is 2.25. The van der Waals surface area contributed by atoms with Crippen molar-refractivity contribution in [1.82, 2.24) is 10.6 Å². The van der Waals surface area contributed by atoms with Crippen molar-refractivity contribution in [1.29, 1.82) is 0 Å². The van der Waals surface area contributed by atoms with Gasteiger partial charge >= 0.3 is 5.97 Å². The van der Waals surface area contributed by atoms with E-state index in [2.05, 4.69) is 10.6 Å². The number of aryl methyl sites for hydroxylation is 1. The highest BCUT2D eigenvalue weighted by Crippen LogP contribution is 2.04. The zero-order valence-electron chi connectivity index (χ0n) is 9.90. The van der Waals surface area contributed by atoms with Crippen molar-refractivity contribution in [3.05, 3.63) is 35.4 Å². The van der Waals surface area contributed by atoms with Crippen molar-refractivity contribution in [2.45, 2.75) is 13.3 Å². The highest BCUT2D eigenvalue weighted by Gasteiger charge is 2.08. The third-order valence-corrected chi connectivity index (χ3v) is 2.50. The van der Waals surface area contributed by atoms with Crippen LogP contribution >= 0.6 is 12.2 Å². The first-order valence-electron chi connectivity index (χ1n) is 5.43. The molecule has 0 spiro atoms. The molecule has 18 heavy (non-hydrogen) atoms. The topological polar surface area (TPSA) is 78.4 Å². The minimum atomic E-state index is -1.04. The van der Waals surface area contributed by atoms with Crippen LogP contribution in [0.3, 0.4) is 0 Å². The number of hydrogen-bond donors (Lipinski definition) is 3. The van der Waals surface area contributed by atoms with Gasteiger partial charge < -0.3 is 10.4 Å². The molecule has 0 unspecified atom stereocenters. The smallest absolute Gasteiger partial charge is 0.322 e. The summed E-state index contributed by atoms with van der Waals surface area (Å²) in [5.41, 5.74) is 1.62. The van der Waals surface area contributed by atoms with E-state index in [1.807, 2.05) is 19.1 Å². The third kappa shape index (κ3) is 4.50. The summed E-state index contributed by atoms with van der Waals surface area (Å²) in [5.74, 6) is -1.40. The van der Waals surface area contributed by atoms with Crippen LogP contribution in [0.4, 0.5) is 0 Å². The lowest BCUT2D eigenvalue weighted by Crippen LogP contribution is -2.41. The summed E-state index contributed by atoms with van der Waals surface area (Å²) >= 11 is 4.79. The number of amides is 1. The molecule has 0 bridgehead atoms. The summed E-state index contributed by atoms with van der Waals surface area (Å²) in [5, 5.41) is 13.3. The van der Waals surface area contributed by atoms with Crippen LogP contribution in [0.15, 0.2) is 24.3 Å². The van der Waals surface area contributed by atoms with E-state index in [0.717, 1.165) is 12.0 Å². The van der Waals surface area contributed by atoms with E-state index >= 15 is 0 Å². The minimum absolute atomic E-state index is 0.00182. The summed E-state index contributed by atoms with van der Waals surface area (Å²) in [6, 6.07) is 7.13. The Bertz CT molecular complexity index is 457. The van der Waals surface area contributed by atoms with E-state index < -0.39 is 5.97 Å². The second-order valence-electron chi connectivity index (χ2n) is 3.58. The number of thiocarbonyl (C=S) groups is 1. The fourth-order valence-corrected chi connectivity index (χ4v) is 1.43. The molecule has 0 aliphatic carbocycles. The van der Waals surface area contributed by atoms with Gasteiger partial charge in [0.2, 0.25) is 0 Å². The van der Waals surface area contributed by atoms with Gasteiger partial charge in [-0.2, -0.15) is 0 Å². The molecule has 3 N–H and O–H groups in total.